The lowest BCUT2D eigenvalue weighted by molar-refractivity contribution is -0.385. The highest BCUT2D eigenvalue weighted by molar-refractivity contribution is 6.14. The monoisotopic (exact) mass is 440 g/mol. The number of ether oxygens (including phenoxy) is 2. The zero-order chi connectivity index (χ0) is 23.4. The number of rotatable bonds is 8. The molecule has 0 amide bonds. The first-order chi connectivity index (χ1) is 15.3. The molecule has 0 aliphatic heterocycles. The minimum atomic E-state index is -1.52. The van der Waals surface area contributed by atoms with Gasteiger partial charge in [-0.2, -0.15) is 0 Å². The highest BCUT2D eigenvalue weighted by atomic mass is 16.6. The fourth-order valence-electron chi connectivity index (χ4n) is 2.94. The molecule has 0 bridgehead atoms. The molecule has 164 valence electrons. The number of nitro groups is 1. The van der Waals surface area contributed by atoms with E-state index in [1.165, 1.54) is 13.2 Å². The summed E-state index contributed by atoms with van der Waals surface area (Å²) >= 11 is 0. The van der Waals surface area contributed by atoms with Crippen molar-refractivity contribution in [2.75, 3.05) is 14.2 Å². The number of esters is 1. The third-order valence-corrected chi connectivity index (χ3v) is 4.50. The molecule has 0 aliphatic rings. The Hall–Kier alpha value is -4.61. The number of hydrogen-bond acceptors (Lipinski definition) is 9. The largest absolute Gasteiger partial charge is 0.497 e. The summed E-state index contributed by atoms with van der Waals surface area (Å²) in [6.07, 6.45) is 0. The minimum Gasteiger partial charge on any atom is -0.497 e. The summed E-state index contributed by atoms with van der Waals surface area (Å²) in [5.74, 6) is -2.74. The second-order valence-corrected chi connectivity index (χ2v) is 6.41. The van der Waals surface area contributed by atoms with Crippen LogP contribution in [0.15, 0.2) is 42.5 Å². The van der Waals surface area contributed by atoms with Gasteiger partial charge in [-0.1, -0.05) is 17.3 Å². The maximum atomic E-state index is 13.2. The molecule has 0 atom stereocenters. The molecule has 12 heteroatoms. The summed E-state index contributed by atoms with van der Waals surface area (Å²) in [5, 5.41) is 28.3. The Labute approximate surface area is 180 Å². The number of carboxylic acids is 1. The van der Waals surface area contributed by atoms with E-state index in [1.807, 2.05) is 0 Å². The van der Waals surface area contributed by atoms with Crippen LogP contribution in [0.3, 0.4) is 0 Å². The summed E-state index contributed by atoms with van der Waals surface area (Å²) in [6.45, 7) is -0.0284. The second-order valence-electron chi connectivity index (χ2n) is 6.41. The molecule has 0 saturated carbocycles. The van der Waals surface area contributed by atoms with E-state index in [9.17, 15) is 29.6 Å². The first kappa shape index (κ1) is 22.1. The molecule has 3 aromatic rings. The van der Waals surface area contributed by atoms with Gasteiger partial charge in [0.1, 0.15) is 17.0 Å². The van der Waals surface area contributed by atoms with Crippen LogP contribution in [0.25, 0.3) is 0 Å². The molecule has 0 fully saturated rings. The lowest BCUT2D eigenvalue weighted by atomic mass is 10.0. The number of hydrogen-bond donors (Lipinski definition) is 1. The Morgan fingerprint density at radius 1 is 1.12 bits per heavy atom. The minimum absolute atomic E-state index is 0.0284. The van der Waals surface area contributed by atoms with Gasteiger partial charge in [0.2, 0.25) is 11.5 Å². The van der Waals surface area contributed by atoms with Crippen molar-refractivity contribution < 1.29 is 33.9 Å². The van der Waals surface area contributed by atoms with E-state index in [2.05, 4.69) is 15.0 Å². The van der Waals surface area contributed by atoms with Crippen LogP contribution in [0.4, 0.5) is 5.69 Å². The number of nitro benzene ring substituents is 1. The lowest BCUT2D eigenvalue weighted by Gasteiger charge is -2.09. The van der Waals surface area contributed by atoms with Crippen molar-refractivity contribution >= 4 is 23.4 Å². The van der Waals surface area contributed by atoms with Crippen molar-refractivity contribution in [1.29, 1.82) is 0 Å². The zero-order valence-corrected chi connectivity index (χ0v) is 16.8. The predicted molar refractivity (Wildman–Crippen MR) is 107 cm³/mol. The normalized spacial score (nSPS) is 10.4. The van der Waals surface area contributed by atoms with Crippen molar-refractivity contribution in [3.63, 3.8) is 0 Å². The van der Waals surface area contributed by atoms with Gasteiger partial charge in [-0.15, -0.1) is 5.10 Å². The molecule has 0 unspecified atom stereocenters. The van der Waals surface area contributed by atoms with Crippen molar-refractivity contribution in [1.82, 2.24) is 15.0 Å². The lowest BCUT2D eigenvalue weighted by Crippen LogP contribution is -2.17. The van der Waals surface area contributed by atoms with Crippen LogP contribution in [-0.4, -0.2) is 57.0 Å². The Balaban J connectivity index is 2.09. The van der Waals surface area contributed by atoms with Gasteiger partial charge in [-0.3, -0.25) is 14.9 Å². The maximum absolute atomic E-state index is 13.2. The predicted octanol–water partition coefficient (Wildman–Crippen LogP) is 1.96. The first-order valence-electron chi connectivity index (χ1n) is 8.98. The Kier molecular flexibility index (Phi) is 6.24. The fraction of sp³-hybridized carbons (Fsp3) is 0.150. The second kappa shape index (κ2) is 9.04. The molecule has 1 aromatic heterocycles. The van der Waals surface area contributed by atoms with E-state index in [0.717, 1.165) is 23.9 Å². The maximum Gasteiger partial charge on any atom is 0.358 e. The van der Waals surface area contributed by atoms with Crippen LogP contribution in [0.1, 0.15) is 42.5 Å². The summed E-state index contributed by atoms with van der Waals surface area (Å²) < 4.78 is 10.7. The number of carboxylic acid groups (broad SMARTS) is 1. The number of aromatic nitrogens is 3. The highest BCUT2D eigenvalue weighted by Gasteiger charge is 2.31. The molecule has 0 spiro atoms. The van der Waals surface area contributed by atoms with Crippen molar-refractivity contribution in [2.45, 2.75) is 6.54 Å². The van der Waals surface area contributed by atoms with Crippen molar-refractivity contribution in [3.8, 4) is 5.75 Å². The molecule has 3 rings (SSSR count). The molecule has 0 radical (unpaired) electrons. The SMILES string of the molecule is COC(=O)c1ccc(C(=O)c2c(C(=O)O)nnn2Cc2ccc(OC)cc2)c([N+](=O)[O-])c1. The van der Waals surface area contributed by atoms with Crippen LogP contribution in [0.5, 0.6) is 5.75 Å². The summed E-state index contributed by atoms with van der Waals surface area (Å²) in [6, 6.07) is 9.82. The molecule has 0 aliphatic carbocycles. The van der Waals surface area contributed by atoms with Gasteiger partial charge in [0.25, 0.3) is 5.69 Å². The molecule has 12 nitrogen and oxygen atoms in total. The van der Waals surface area contributed by atoms with Crippen LogP contribution in [0.2, 0.25) is 0 Å². The van der Waals surface area contributed by atoms with Crippen LogP contribution in [-0.2, 0) is 11.3 Å². The van der Waals surface area contributed by atoms with E-state index in [0.29, 0.717) is 11.3 Å². The van der Waals surface area contributed by atoms with E-state index < -0.39 is 45.3 Å². The van der Waals surface area contributed by atoms with Crippen molar-refractivity contribution in [2.24, 2.45) is 0 Å². The van der Waals surface area contributed by atoms with Crippen molar-refractivity contribution in [3.05, 3.63) is 80.7 Å². The van der Waals surface area contributed by atoms with Gasteiger partial charge in [0.05, 0.1) is 31.3 Å². The average molecular weight is 440 g/mol. The number of nitrogens with zero attached hydrogens (tertiary/aromatic N) is 4. The first-order valence-corrected chi connectivity index (χ1v) is 8.98. The summed E-state index contributed by atoms with van der Waals surface area (Å²) in [4.78, 5) is 47.2. The zero-order valence-electron chi connectivity index (χ0n) is 16.8. The molecule has 32 heavy (non-hydrogen) atoms. The van der Waals surface area contributed by atoms with E-state index in [4.69, 9.17) is 4.74 Å². The molecule has 2 aromatic carbocycles. The molecule has 1 N–H and O–H groups in total. The highest BCUT2D eigenvalue weighted by Crippen LogP contribution is 2.25. The Morgan fingerprint density at radius 3 is 2.38 bits per heavy atom. The van der Waals surface area contributed by atoms with Gasteiger partial charge < -0.3 is 14.6 Å². The number of carbonyl (C=O) groups excluding carboxylic acids is 2. The van der Waals surface area contributed by atoms with Gasteiger partial charge in [0, 0.05) is 6.07 Å². The van der Waals surface area contributed by atoms with Crippen LogP contribution in [0, 0.1) is 10.1 Å². The summed E-state index contributed by atoms with van der Waals surface area (Å²) in [7, 11) is 2.61. The summed E-state index contributed by atoms with van der Waals surface area (Å²) in [5.41, 5.74) is -1.71. The van der Waals surface area contributed by atoms with Gasteiger partial charge in [-0.25, -0.2) is 14.3 Å². The molecule has 1 heterocycles. The third-order valence-electron chi connectivity index (χ3n) is 4.50. The van der Waals surface area contributed by atoms with Gasteiger partial charge in [0.15, 0.2) is 0 Å². The van der Waals surface area contributed by atoms with E-state index >= 15 is 0 Å². The number of methoxy groups -OCH3 is 2. The van der Waals surface area contributed by atoms with Gasteiger partial charge in [-0.05, 0) is 29.8 Å². The Bertz CT molecular complexity index is 1220. The smallest absolute Gasteiger partial charge is 0.358 e. The van der Waals surface area contributed by atoms with Crippen LogP contribution >= 0.6 is 0 Å². The van der Waals surface area contributed by atoms with E-state index in [-0.39, 0.29) is 12.1 Å². The molecular formula is C20H16N4O8. The topological polar surface area (TPSA) is 164 Å². The fourth-order valence-corrected chi connectivity index (χ4v) is 2.94. The van der Waals surface area contributed by atoms with E-state index in [1.54, 1.807) is 24.3 Å². The van der Waals surface area contributed by atoms with Crippen LogP contribution < -0.4 is 4.74 Å². The molecular weight excluding hydrogens is 424 g/mol. The number of benzene rings is 2. The number of aromatic carboxylic acids is 1. The number of ketones is 1. The Morgan fingerprint density at radius 2 is 1.81 bits per heavy atom. The standard InChI is InChI=1S/C20H16N4O8/c1-31-13-6-3-11(4-7-13)10-23-17(16(19(26)27)21-22-23)18(25)14-8-5-12(20(28)32-2)9-15(14)24(29)30/h3-9H,10H2,1-2H3,(H,26,27). The number of carbonyl (C=O) groups is 3. The third kappa shape index (κ3) is 4.28. The van der Waals surface area contributed by atoms with Gasteiger partial charge >= 0.3 is 11.9 Å². The molecule has 0 saturated heterocycles. The quantitative estimate of drug-likeness (QED) is 0.237. The average Bonchev–Trinajstić information content (AvgIpc) is 3.21.